The number of allylic oxidation sites excluding steroid dienone is 12. The molecule has 46 heavy (non-hydrogen) atoms. The van der Waals surface area contributed by atoms with E-state index in [2.05, 4.69) is 79.8 Å². The first-order chi connectivity index (χ1) is 22.4. The Labute approximate surface area is 277 Å². The Bertz CT molecular complexity index is 922. The van der Waals surface area contributed by atoms with Crippen molar-refractivity contribution < 1.29 is 44.2 Å². The first-order valence-electron chi connectivity index (χ1n) is 17.0. The van der Waals surface area contributed by atoms with Crippen molar-refractivity contribution in [2.24, 2.45) is 0 Å². The van der Waals surface area contributed by atoms with Crippen LogP contribution in [0.15, 0.2) is 72.9 Å². The zero-order valence-corrected chi connectivity index (χ0v) is 28.0. The van der Waals surface area contributed by atoms with Gasteiger partial charge in [0.1, 0.15) is 30.5 Å². The van der Waals surface area contributed by atoms with Gasteiger partial charge in [-0.2, -0.15) is 0 Å². The van der Waals surface area contributed by atoms with Gasteiger partial charge in [-0.05, 0) is 64.2 Å². The highest BCUT2D eigenvalue weighted by molar-refractivity contribution is 5.69. The third-order valence-electron chi connectivity index (χ3n) is 7.11. The molecule has 0 aromatic carbocycles. The number of carbonyl (C=O) groups excluding carboxylic acids is 1. The lowest BCUT2D eigenvalue weighted by molar-refractivity contribution is -0.305. The molecule has 1 fully saturated rings. The zero-order valence-electron chi connectivity index (χ0n) is 28.0. The molecule has 6 unspecified atom stereocenters. The van der Waals surface area contributed by atoms with Gasteiger partial charge in [0.05, 0.1) is 19.8 Å². The largest absolute Gasteiger partial charge is 0.457 e. The lowest BCUT2D eigenvalue weighted by Gasteiger charge is -2.39. The van der Waals surface area contributed by atoms with E-state index in [1.54, 1.807) is 0 Å². The average Bonchev–Trinajstić information content (AvgIpc) is 3.05. The maximum Gasteiger partial charge on any atom is 0.306 e. The fourth-order valence-corrected chi connectivity index (χ4v) is 4.47. The molecule has 0 radical (unpaired) electrons. The zero-order chi connectivity index (χ0) is 33.7. The Kier molecular flexibility index (Phi) is 26.1. The summed E-state index contributed by atoms with van der Waals surface area (Å²) in [6.45, 7) is 3.94. The van der Waals surface area contributed by atoms with Gasteiger partial charge in [0.15, 0.2) is 6.29 Å². The minimum Gasteiger partial charge on any atom is -0.457 e. The highest BCUT2D eigenvalue weighted by Crippen LogP contribution is 2.22. The van der Waals surface area contributed by atoms with Crippen LogP contribution in [0.1, 0.15) is 90.9 Å². The molecule has 6 atom stereocenters. The topological polar surface area (TPSA) is 135 Å². The predicted octanol–water partition coefficient (Wildman–Crippen LogP) is 5.79. The lowest BCUT2D eigenvalue weighted by Crippen LogP contribution is -2.59. The second kappa shape index (κ2) is 28.8. The van der Waals surface area contributed by atoms with Crippen LogP contribution in [0.5, 0.6) is 0 Å². The maximum atomic E-state index is 12.1. The monoisotopic (exact) mass is 648 g/mol. The number of aliphatic hydroxyl groups is 4. The summed E-state index contributed by atoms with van der Waals surface area (Å²) in [6.07, 6.45) is 29.5. The molecule has 0 spiro atoms. The fraction of sp³-hybridized carbons (Fsp3) is 0.649. The molecule has 1 aliphatic rings. The summed E-state index contributed by atoms with van der Waals surface area (Å²) in [4.78, 5) is 12.1. The van der Waals surface area contributed by atoms with E-state index in [0.29, 0.717) is 13.0 Å². The van der Waals surface area contributed by atoms with Gasteiger partial charge in [-0.3, -0.25) is 4.79 Å². The smallest absolute Gasteiger partial charge is 0.306 e. The van der Waals surface area contributed by atoms with Gasteiger partial charge in [0.2, 0.25) is 0 Å². The molecule has 1 rings (SSSR count). The third kappa shape index (κ3) is 20.7. The molecule has 1 saturated heterocycles. The van der Waals surface area contributed by atoms with Gasteiger partial charge in [-0.15, -0.1) is 0 Å². The number of hydrogen-bond acceptors (Lipinski definition) is 9. The maximum absolute atomic E-state index is 12.1. The van der Waals surface area contributed by atoms with Crippen LogP contribution in [0.3, 0.4) is 0 Å². The lowest BCUT2D eigenvalue weighted by atomic mass is 9.99. The molecule has 0 bridgehead atoms. The van der Waals surface area contributed by atoms with E-state index in [0.717, 1.165) is 64.2 Å². The van der Waals surface area contributed by atoms with Crippen LogP contribution in [0.4, 0.5) is 0 Å². The summed E-state index contributed by atoms with van der Waals surface area (Å²) in [5.41, 5.74) is 0. The van der Waals surface area contributed by atoms with Crippen LogP contribution in [0.2, 0.25) is 0 Å². The summed E-state index contributed by atoms with van der Waals surface area (Å²) < 4.78 is 22.1. The number of hydrogen-bond donors (Lipinski definition) is 4. The van der Waals surface area contributed by atoms with Gasteiger partial charge >= 0.3 is 5.97 Å². The standard InChI is InChI=1S/C37H60O9/c1-3-5-6-7-8-9-10-11-12-13-14-15-16-17-18-19-20-21-22-23-24-25-27-43-29-31(45-33(39)26-4-2)30-44-37-36(42)35(41)34(40)32(28-38)46-37/h5-6,8-9,11-12,14-15,17-18,20-21,31-32,34-38,40-42H,3-4,7,10,13,16,19,22-30H2,1-2H3/b6-5-,9-8-,12-11-,15-14-,18-17-,21-20-. The van der Waals surface area contributed by atoms with Gasteiger partial charge in [-0.1, -0.05) is 93.2 Å². The van der Waals surface area contributed by atoms with Crippen LogP contribution >= 0.6 is 0 Å². The van der Waals surface area contributed by atoms with Crippen LogP contribution in [-0.4, -0.2) is 89.6 Å². The first-order valence-corrected chi connectivity index (χ1v) is 17.0. The average molecular weight is 649 g/mol. The Morgan fingerprint density at radius 1 is 0.717 bits per heavy atom. The minimum absolute atomic E-state index is 0.111. The van der Waals surface area contributed by atoms with E-state index in [1.807, 2.05) is 6.92 Å². The summed E-state index contributed by atoms with van der Waals surface area (Å²) in [6, 6.07) is 0. The molecular formula is C37H60O9. The molecule has 0 aliphatic carbocycles. The Hall–Kier alpha value is -2.37. The Balaban J connectivity index is 2.16. The highest BCUT2D eigenvalue weighted by Gasteiger charge is 2.44. The van der Waals surface area contributed by atoms with Crippen molar-refractivity contribution >= 4 is 5.97 Å². The molecule has 9 heteroatoms. The van der Waals surface area contributed by atoms with Crippen molar-refractivity contribution in [2.75, 3.05) is 26.4 Å². The van der Waals surface area contributed by atoms with Gasteiger partial charge in [0.25, 0.3) is 0 Å². The molecule has 262 valence electrons. The summed E-state index contributed by atoms with van der Waals surface area (Å²) in [7, 11) is 0. The molecule has 0 saturated carbocycles. The van der Waals surface area contributed by atoms with Crippen molar-refractivity contribution in [3.63, 3.8) is 0 Å². The van der Waals surface area contributed by atoms with E-state index < -0.39 is 43.4 Å². The first kappa shape index (κ1) is 41.7. The summed E-state index contributed by atoms with van der Waals surface area (Å²) >= 11 is 0. The van der Waals surface area contributed by atoms with E-state index in [1.165, 1.54) is 0 Å². The Morgan fingerprint density at radius 3 is 1.83 bits per heavy atom. The summed E-state index contributed by atoms with van der Waals surface area (Å²) in [5, 5.41) is 39.4. The number of carbonyl (C=O) groups is 1. The number of rotatable bonds is 26. The normalized spacial score (nSPS) is 23.3. The van der Waals surface area contributed by atoms with E-state index in [4.69, 9.17) is 18.9 Å². The molecule has 9 nitrogen and oxygen atoms in total. The number of esters is 1. The molecule has 1 aliphatic heterocycles. The molecular weight excluding hydrogens is 588 g/mol. The number of ether oxygens (including phenoxy) is 4. The van der Waals surface area contributed by atoms with E-state index >= 15 is 0 Å². The fourth-order valence-electron chi connectivity index (χ4n) is 4.47. The molecule has 4 N–H and O–H groups in total. The second-order valence-electron chi connectivity index (χ2n) is 11.2. The van der Waals surface area contributed by atoms with Gasteiger partial charge in [-0.25, -0.2) is 0 Å². The van der Waals surface area contributed by atoms with Crippen LogP contribution < -0.4 is 0 Å². The molecule has 1 heterocycles. The molecule has 0 aromatic rings. The third-order valence-corrected chi connectivity index (χ3v) is 7.11. The van der Waals surface area contributed by atoms with Crippen molar-refractivity contribution in [2.45, 2.75) is 128 Å². The van der Waals surface area contributed by atoms with Crippen LogP contribution in [0, 0.1) is 0 Å². The number of unbranched alkanes of at least 4 members (excludes halogenated alkanes) is 3. The van der Waals surface area contributed by atoms with Crippen molar-refractivity contribution in [1.82, 2.24) is 0 Å². The van der Waals surface area contributed by atoms with Crippen molar-refractivity contribution in [3.8, 4) is 0 Å². The molecule has 0 aromatic heterocycles. The summed E-state index contributed by atoms with van der Waals surface area (Å²) in [5.74, 6) is -0.384. The number of aliphatic hydroxyl groups excluding tert-OH is 4. The quantitative estimate of drug-likeness (QED) is 0.0522. The highest BCUT2D eigenvalue weighted by atomic mass is 16.7. The second-order valence-corrected chi connectivity index (χ2v) is 11.2. The van der Waals surface area contributed by atoms with E-state index in [9.17, 15) is 25.2 Å². The van der Waals surface area contributed by atoms with Crippen LogP contribution in [0.25, 0.3) is 0 Å². The molecule has 0 amide bonds. The van der Waals surface area contributed by atoms with E-state index in [-0.39, 0.29) is 25.6 Å². The van der Waals surface area contributed by atoms with Gasteiger partial charge < -0.3 is 39.4 Å². The Morgan fingerprint density at radius 2 is 1.28 bits per heavy atom. The SMILES string of the molecule is CC/C=C\C/C=C\C/C=C\C/C=C\C/C=C\C/C=C\CCCCCOCC(COC1OC(CO)C(O)C(O)C1O)OC(=O)CCC. The predicted molar refractivity (Wildman–Crippen MR) is 182 cm³/mol. The van der Waals surface area contributed by atoms with Gasteiger partial charge in [0, 0.05) is 13.0 Å². The van der Waals surface area contributed by atoms with Crippen molar-refractivity contribution in [3.05, 3.63) is 72.9 Å². The van der Waals surface area contributed by atoms with Crippen LogP contribution in [-0.2, 0) is 23.7 Å². The van der Waals surface area contributed by atoms with Crippen molar-refractivity contribution in [1.29, 1.82) is 0 Å². The minimum atomic E-state index is -1.54.